The number of aromatic nitrogens is 1. The van der Waals surface area contributed by atoms with Crippen molar-refractivity contribution >= 4 is 17.6 Å². The van der Waals surface area contributed by atoms with Gasteiger partial charge in [0, 0.05) is 32.0 Å². The second-order valence-electron chi connectivity index (χ2n) is 5.61. The van der Waals surface area contributed by atoms with Crippen LogP contribution >= 0.6 is 0 Å². The van der Waals surface area contributed by atoms with Gasteiger partial charge in [0.1, 0.15) is 5.69 Å². The van der Waals surface area contributed by atoms with Crippen molar-refractivity contribution in [3.8, 4) is 0 Å². The van der Waals surface area contributed by atoms with Crippen molar-refractivity contribution in [1.82, 2.24) is 9.88 Å². The second-order valence-corrected chi connectivity index (χ2v) is 5.61. The van der Waals surface area contributed by atoms with Gasteiger partial charge in [-0.3, -0.25) is 14.6 Å². The molecule has 1 aromatic heterocycles. The summed E-state index contributed by atoms with van der Waals surface area (Å²) >= 11 is 0. The van der Waals surface area contributed by atoms with Crippen LogP contribution in [0.2, 0.25) is 0 Å². The van der Waals surface area contributed by atoms with E-state index in [0.717, 1.165) is 24.9 Å². The number of rotatable bonds is 4. The van der Waals surface area contributed by atoms with Crippen molar-refractivity contribution in [2.75, 3.05) is 19.4 Å². The fourth-order valence-corrected chi connectivity index (χ4v) is 2.68. The van der Waals surface area contributed by atoms with E-state index in [1.165, 1.54) is 4.90 Å². The molecule has 0 saturated heterocycles. The van der Waals surface area contributed by atoms with E-state index in [0.29, 0.717) is 12.1 Å². The molecule has 2 rings (SSSR count). The molecule has 0 spiro atoms. The first-order chi connectivity index (χ1) is 9.99. The summed E-state index contributed by atoms with van der Waals surface area (Å²) in [5.41, 5.74) is 1.10. The van der Waals surface area contributed by atoms with E-state index < -0.39 is 5.97 Å². The number of nitrogens with one attached hydrogen (secondary N) is 1. The predicted molar refractivity (Wildman–Crippen MR) is 79.3 cm³/mol. The average molecular weight is 291 g/mol. The Hall–Kier alpha value is -2.11. The molecule has 1 heterocycles. The smallest absolute Gasteiger partial charge is 0.308 e. The SMILES string of the molecule is CN(C)C(=O)c1cc(NC2CCCCC2C(=O)O)ccn1. The summed E-state index contributed by atoms with van der Waals surface area (Å²) in [5, 5.41) is 12.5. The highest BCUT2D eigenvalue weighted by molar-refractivity contribution is 5.92. The standard InChI is InChI=1S/C15H21N3O3/c1-18(2)14(19)13-9-10(7-8-16-13)17-12-6-4-3-5-11(12)15(20)21/h7-9,11-12H,3-6H2,1-2H3,(H,16,17)(H,20,21). The molecule has 1 fully saturated rings. The van der Waals surface area contributed by atoms with Gasteiger partial charge in [0.15, 0.2) is 0 Å². The molecule has 114 valence electrons. The Morgan fingerprint density at radius 1 is 1.33 bits per heavy atom. The van der Waals surface area contributed by atoms with Crippen molar-refractivity contribution < 1.29 is 14.7 Å². The third kappa shape index (κ3) is 3.71. The fourth-order valence-electron chi connectivity index (χ4n) is 2.68. The highest BCUT2D eigenvalue weighted by Crippen LogP contribution is 2.27. The van der Waals surface area contributed by atoms with E-state index in [4.69, 9.17) is 0 Å². The first kappa shape index (κ1) is 15.3. The Kier molecular flexibility index (Phi) is 4.77. The van der Waals surface area contributed by atoms with Gasteiger partial charge in [-0.1, -0.05) is 12.8 Å². The van der Waals surface area contributed by atoms with Crippen molar-refractivity contribution in [2.45, 2.75) is 31.7 Å². The molecule has 1 amide bonds. The van der Waals surface area contributed by atoms with Crippen LogP contribution in [0.25, 0.3) is 0 Å². The lowest BCUT2D eigenvalue weighted by Crippen LogP contribution is -2.37. The van der Waals surface area contributed by atoms with Gasteiger partial charge in [0.25, 0.3) is 5.91 Å². The number of hydrogen-bond donors (Lipinski definition) is 2. The number of nitrogens with zero attached hydrogens (tertiary/aromatic N) is 2. The summed E-state index contributed by atoms with van der Waals surface area (Å²) in [7, 11) is 3.34. The number of carbonyl (C=O) groups excluding carboxylic acids is 1. The van der Waals surface area contributed by atoms with E-state index in [9.17, 15) is 14.7 Å². The molecule has 1 saturated carbocycles. The van der Waals surface area contributed by atoms with Crippen molar-refractivity contribution in [3.05, 3.63) is 24.0 Å². The molecule has 1 aromatic rings. The highest BCUT2D eigenvalue weighted by atomic mass is 16.4. The van der Waals surface area contributed by atoms with Gasteiger partial charge in [-0.2, -0.15) is 0 Å². The number of pyridine rings is 1. The predicted octanol–water partition coefficient (Wildman–Crippen LogP) is 1.84. The first-order valence-electron chi connectivity index (χ1n) is 7.16. The van der Waals surface area contributed by atoms with Crippen LogP contribution in [0.1, 0.15) is 36.2 Å². The molecule has 21 heavy (non-hydrogen) atoms. The minimum Gasteiger partial charge on any atom is -0.481 e. The summed E-state index contributed by atoms with van der Waals surface area (Å²) in [6.07, 6.45) is 5.07. The summed E-state index contributed by atoms with van der Waals surface area (Å²) in [5.74, 6) is -1.30. The summed E-state index contributed by atoms with van der Waals surface area (Å²) in [6.45, 7) is 0. The van der Waals surface area contributed by atoms with Crippen LogP contribution in [0.5, 0.6) is 0 Å². The Labute approximate surface area is 124 Å². The third-order valence-corrected chi connectivity index (χ3v) is 3.82. The minimum atomic E-state index is -0.758. The quantitative estimate of drug-likeness (QED) is 0.884. The Bertz CT molecular complexity index is 531. The molecule has 0 aromatic carbocycles. The molecule has 0 aliphatic heterocycles. The molecule has 0 bridgehead atoms. The van der Waals surface area contributed by atoms with Gasteiger partial charge in [-0.15, -0.1) is 0 Å². The molecule has 6 heteroatoms. The van der Waals surface area contributed by atoms with Gasteiger partial charge in [-0.25, -0.2) is 0 Å². The van der Waals surface area contributed by atoms with Crippen LogP contribution in [0.3, 0.4) is 0 Å². The second kappa shape index (κ2) is 6.56. The number of carboxylic acid groups (broad SMARTS) is 1. The molecule has 2 atom stereocenters. The van der Waals surface area contributed by atoms with Crippen LogP contribution < -0.4 is 5.32 Å². The highest BCUT2D eigenvalue weighted by Gasteiger charge is 2.30. The Morgan fingerprint density at radius 2 is 2.05 bits per heavy atom. The van der Waals surface area contributed by atoms with Gasteiger partial charge >= 0.3 is 5.97 Å². The van der Waals surface area contributed by atoms with E-state index in [1.54, 1.807) is 32.4 Å². The van der Waals surface area contributed by atoms with Crippen molar-refractivity contribution in [3.63, 3.8) is 0 Å². The monoisotopic (exact) mass is 291 g/mol. The van der Waals surface area contributed by atoms with Gasteiger partial charge in [0.2, 0.25) is 0 Å². The van der Waals surface area contributed by atoms with Crippen LogP contribution in [0.4, 0.5) is 5.69 Å². The zero-order valence-corrected chi connectivity index (χ0v) is 12.4. The Morgan fingerprint density at radius 3 is 2.71 bits per heavy atom. The van der Waals surface area contributed by atoms with Gasteiger partial charge in [0.05, 0.1) is 5.92 Å². The number of carbonyl (C=O) groups is 2. The molecule has 0 radical (unpaired) electrons. The number of hydrogen-bond acceptors (Lipinski definition) is 4. The molecule has 6 nitrogen and oxygen atoms in total. The topological polar surface area (TPSA) is 82.5 Å². The lowest BCUT2D eigenvalue weighted by atomic mass is 9.84. The van der Waals surface area contributed by atoms with E-state index in [-0.39, 0.29) is 17.9 Å². The summed E-state index contributed by atoms with van der Waals surface area (Å²) in [4.78, 5) is 28.7. The molecular formula is C15H21N3O3. The first-order valence-corrected chi connectivity index (χ1v) is 7.16. The van der Waals surface area contributed by atoms with Crippen LogP contribution in [-0.2, 0) is 4.79 Å². The van der Waals surface area contributed by atoms with Crippen molar-refractivity contribution in [1.29, 1.82) is 0 Å². The maximum atomic E-state index is 11.9. The molecule has 1 aliphatic carbocycles. The summed E-state index contributed by atoms with van der Waals surface area (Å²) in [6, 6.07) is 3.34. The zero-order chi connectivity index (χ0) is 15.4. The number of amides is 1. The van der Waals surface area contributed by atoms with Gasteiger partial charge in [-0.05, 0) is 25.0 Å². The fraction of sp³-hybridized carbons (Fsp3) is 0.533. The average Bonchev–Trinajstić information content (AvgIpc) is 2.47. The van der Waals surface area contributed by atoms with Crippen molar-refractivity contribution in [2.24, 2.45) is 5.92 Å². The molecular weight excluding hydrogens is 270 g/mol. The van der Waals surface area contributed by atoms with E-state index >= 15 is 0 Å². The molecule has 2 unspecified atom stereocenters. The normalized spacial score (nSPS) is 21.6. The lowest BCUT2D eigenvalue weighted by Gasteiger charge is -2.30. The minimum absolute atomic E-state index is 0.0963. The summed E-state index contributed by atoms with van der Waals surface area (Å²) < 4.78 is 0. The van der Waals surface area contributed by atoms with E-state index in [2.05, 4.69) is 10.3 Å². The third-order valence-electron chi connectivity index (χ3n) is 3.82. The number of aliphatic carboxylic acids is 1. The lowest BCUT2D eigenvalue weighted by molar-refractivity contribution is -0.143. The van der Waals surface area contributed by atoms with Crippen LogP contribution in [0, 0.1) is 5.92 Å². The maximum absolute atomic E-state index is 11.9. The van der Waals surface area contributed by atoms with Crippen LogP contribution in [0.15, 0.2) is 18.3 Å². The van der Waals surface area contributed by atoms with Crippen LogP contribution in [-0.4, -0.2) is 47.0 Å². The van der Waals surface area contributed by atoms with Gasteiger partial charge < -0.3 is 15.3 Å². The Balaban J connectivity index is 2.13. The molecule has 1 aliphatic rings. The van der Waals surface area contributed by atoms with E-state index in [1.807, 2.05) is 0 Å². The number of anilines is 1. The maximum Gasteiger partial charge on any atom is 0.308 e. The number of carboxylic acids is 1. The largest absolute Gasteiger partial charge is 0.481 e. The zero-order valence-electron chi connectivity index (χ0n) is 12.4. The molecule has 2 N–H and O–H groups in total.